The molecule has 0 atom stereocenters. The Balaban J connectivity index is 3.05. The first kappa shape index (κ1) is 12.6. The van der Waals surface area contributed by atoms with Crippen molar-refractivity contribution in [3.05, 3.63) is 18.0 Å². The number of nitrogens with zero attached hydrogens (tertiary/aromatic N) is 3. The third-order valence-corrected chi connectivity index (χ3v) is 1.66. The predicted molar refractivity (Wildman–Crippen MR) is 56.7 cm³/mol. The maximum absolute atomic E-state index is 11.2. The maximum Gasteiger partial charge on any atom is 0.362 e. The van der Waals surface area contributed by atoms with Gasteiger partial charge < -0.3 is 9.94 Å². The van der Waals surface area contributed by atoms with Crippen LogP contribution in [0.5, 0.6) is 0 Å². The molecule has 0 aliphatic carbocycles. The molecule has 1 aromatic rings. The van der Waals surface area contributed by atoms with Crippen LogP contribution in [0, 0.1) is 0 Å². The molecule has 0 aliphatic heterocycles. The molecule has 1 amide bonds. The van der Waals surface area contributed by atoms with Crippen molar-refractivity contribution >= 4 is 23.5 Å². The molecule has 0 spiro atoms. The van der Waals surface area contributed by atoms with Gasteiger partial charge in [-0.25, -0.2) is 14.8 Å². The van der Waals surface area contributed by atoms with Gasteiger partial charge in [0.15, 0.2) is 0 Å². The van der Waals surface area contributed by atoms with Crippen LogP contribution in [0.3, 0.4) is 0 Å². The Morgan fingerprint density at radius 1 is 1.53 bits per heavy atom. The molecule has 0 aromatic carbocycles. The highest BCUT2D eigenvalue weighted by molar-refractivity contribution is 6.42. The van der Waals surface area contributed by atoms with Crippen molar-refractivity contribution in [3.63, 3.8) is 0 Å². The number of oxime groups is 1. The first-order valence-corrected chi connectivity index (χ1v) is 4.50. The molecule has 0 aliphatic rings. The van der Waals surface area contributed by atoms with E-state index >= 15 is 0 Å². The quantitative estimate of drug-likeness (QED) is 0.326. The summed E-state index contributed by atoms with van der Waals surface area (Å²) in [5.74, 6) is -1.21. The van der Waals surface area contributed by atoms with Crippen LogP contribution in [0.1, 0.15) is 12.6 Å². The number of methoxy groups -OCH3 is 1. The number of carbonyl (C=O) groups excluding carboxylic acids is 2. The van der Waals surface area contributed by atoms with Crippen molar-refractivity contribution in [2.45, 2.75) is 6.92 Å². The lowest BCUT2D eigenvalue weighted by Crippen LogP contribution is -2.20. The van der Waals surface area contributed by atoms with E-state index in [2.05, 4.69) is 25.2 Å². The Morgan fingerprint density at radius 3 is 2.76 bits per heavy atom. The van der Waals surface area contributed by atoms with Crippen LogP contribution in [-0.2, 0) is 14.3 Å². The lowest BCUT2D eigenvalue weighted by Gasteiger charge is -2.03. The molecular weight excluding hydrogens is 228 g/mol. The summed E-state index contributed by atoms with van der Waals surface area (Å²) in [7, 11) is 1.14. The highest BCUT2D eigenvalue weighted by Gasteiger charge is 2.17. The first-order valence-electron chi connectivity index (χ1n) is 4.50. The maximum atomic E-state index is 11.2. The second kappa shape index (κ2) is 5.54. The number of nitrogens with one attached hydrogen (secondary N) is 1. The molecule has 1 aromatic heterocycles. The third-order valence-electron chi connectivity index (χ3n) is 1.66. The molecule has 0 bridgehead atoms. The van der Waals surface area contributed by atoms with Gasteiger partial charge in [0.05, 0.1) is 7.11 Å². The van der Waals surface area contributed by atoms with Gasteiger partial charge in [0.2, 0.25) is 17.6 Å². The van der Waals surface area contributed by atoms with E-state index in [-0.39, 0.29) is 23.3 Å². The number of amides is 1. The number of ether oxygens (including phenoxy) is 1. The average Bonchev–Trinajstić information content (AvgIpc) is 2.29. The zero-order valence-electron chi connectivity index (χ0n) is 9.17. The van der Waals surface area contributed by atoms with Crippen LogP contribution in [0.25, 0.3) is 0 Å². The summed E-state index contributed by atoms with van der Waals surface area (Å²) >= 11 is 0. The standard InChI is InChI=1S/C9H10N4O4/c1-5(14)11-9-10-4-3-6(12-9)7(13-16)8(15)17-2/h3-4,16H,1-2H3,(H,10,11,12,14)/b13-7-. The summed E-state index contributed by atoms with van der Waals surface area (Å²) in [6.45, 7) is 1.29. The number of hydrogen-bond acceptors (Lipinski definition) is 7. The van der Waals surface area contributed by atoms with Crippen molar-refractivity contribution in [1.82, 2.24) is 9.97 Å². The summed E-state index contributed by atoms with van der Waals surface area (Å²) in [5, 5.41) is 13.8. The fourth-order valence-corrected chi connectivity index (χ4v) is 1.00. The Hall–Kier alpha value is -2.51. The third kappa shape index (κ3) is 3.23. The second-order valence-corrected chi connectivity index (χ2v) is 2.89. The molecule has 8 nitrogen and oxygen atoms in total. The summed E-state index contributed by atoms with van der Waals surface area (Å²) in [4.78, 5) is 29.6. The molecule has 90 valence electrons. The van der Waals surface area contributed by atoms with Crippen molar-refractivity contribution in [3.8, 4) is 0 Å². The smallest absolute Gasteiger partial charge is 0.362 e. The van der Waals surface area contributed by atoms with Crippen LogP contribution in [0.15, 0.2) is 17.4 Å². The first-order chi connectivity index (χ1) is 8.08. The van der Waals surface area contributed by atoms with E-state index in [1.807, 2.05) is 0 Å². The monoisotopic (exact) mass is 238 g/mol. The number of esters is 1. The molecule has 0 saturated heterocycles. The Labute approximate surface area is 96.3 Å². The number of aromatic nitrogens is 2. The normalized spacial score (nSPS) is 10.8. The van der Waals surface area contributed by atoms with Gasteiger partial charge in [0.25, 0.3) is 0 Å². The highest BCUT2D eigenvalue weighted by Crippen LogP contribution is 2.03. The van der Waals surface area contributed by atoms with Crippen LogP contribution < -0.4 is 5.32 Å². The number of rotatable bonds is 3. The van der Waals surface area contributed by atoms with E-state index in [1.54, 1.807) is 0 Å². The van der Waals surface area contributed by atoms with Gasteiger partial charge in [-0.1, -0.05) is 5.16 Å². The van der Waals surface area contributed by atoms with Gasteiger partial charge >= 0.3 is 5.97 Å². The van der Waals surface area contributed by atoms with Crippen LogP contribution >= 0.6 is 0 Å². The Bertz CT molecular complexity index is 472. The topological polar surface area (TPSA) is 114 Å². The fourth-order valence-electron chi connectivity index (χ4n) is 1.00. The predicted octanol–water partition coefficient (Wildman–Crippen LogP) is -0.214. The van der Waals surface area contributed by atoms with Crippen LogP contribution in [-0.4, -0.2) is 39.9 Å². The zero-order chi connectivity index (χ0) is 12.8. The minimum absolute atomic E-state index is 0.0000491. The SMILES string of the molecule is COC(=O)/C(=N\O)c1ccnc(NC(C)=O)n1. The van der Waals surface area contributed by atoms with Crippen LogP contribution in [0.2, 0.25) is 0 Å². The lowest BCUT2D eigenvalue weighted by atomic mass is 10.2. The summed E-state index contributed by atoms with van der Waals surface area (Å²) < 4.78 is 4.40. The van der Waals surface area contributed by atoms with Crippen LogP contribution in [0.4, 0.5) is 5.95 Å². The molecule has 2 N–H and O–H groups in total. The van der Waals surface area contributed by atoms with Crippen molar-refractivity contribution in [1.29, 1.82) is 0 Å². The van der Waals surface area contributed by atoms with E-state index in [4.69, 9.17) is 5.21 Å². The molecule has 1 heterocycles. The van der Waals surface area contributed by atoms with Gasteiger partial charge in [0.1, 0.15) is 5.69 Å². The highest BCUT2D eigenvalue weighted by atomic mass is 16.5. The van der Waals surface area contributed by atoms with E-state index in [0.29, 0.717) is 0 Å². The Kier molecular flexibility index (Phi) is 4.09. The lowest BCUT2D eigenvalue weighted by molar-refractivity contribution is -0.132. The van der Waals surface area contributed by atoms with Gasteiger partial charge in [-0.05, 0) is 6.07 Å². The number of hydrogen-bond donors (Lipinski definition) is 2. The van der Waals surface area contributed by atoms with Crippen molar-refractivity contribution in [2.75, 3.05) is 12.4 Å². The molecule has 17 heavy (non-hydrogen) atoms. The molecular formula is C9H10N4O4. The molecule has 0 unspecified atom stereocenters. The van der Waals surface area contributed by atoms with E-state index in [9.17, 15) is 9.59 Å². The van der Waals surface area contributed by atoms with Crippen molar-refractivity contribution < 1.29 is 19.5 Å². The van der Waals surface area contributed by atoms with Gasteiger partial charge in [-0.3, -0.25) is 10.1 Å². The van der Waals surface area contributed by atoms with E-state index in [1.165, 1.54) is 19.2 Å². The molecule has 8 heteroatoms. The summed E-state index contributed by atoms with van der Waals surface area (Å²) in [5.41, 5.74) is -0.334. The molecule has 1 rings (SSSR count). The molecule has 0 fully saturated rings. The summed E-state index contributed by atoms with van der Waals surface area (Å²) in [6, 6.07) is 1.34. The second-order valence-electron chi connectivity index (χ2n) is 2.89. The molecule has 0 radical (unpaired) electrons. The van der Waals surface area contributed by atoms with Gasteiger partial charge in [0, 0.05) is 13.1 Å². The zero-order valence-corrected chi connectivity index (χ0v) is 9.17. The molecule has 0 saturated carbocycles. The minimum atomic E-state index is -0.847. The van der Waals surface area contributed by atoms with Gasteiger partial charge in [-0.2, -0.15) is 0 Å². The summed E-state index contributed by atoms with van der Waals surface area (Å²) in [6.07, 6.45) is 1.31. The number of carbonyl (C=O) groups is 2. The minimum Gasteiger partial charge on any atom is -0.464 e. The average molecular weight is 238 g/mol. The van der Waals surface area contributed by atoms with E-state index < -0.39 is 5.97 Å². The van der Waals surface area contributed by atoms with Crippen molar-refractivity contribution in [2.24, 2.45) is 5.16 Å². The fraction of sp³-hybridized carbons (Fsp3) is 0.222. The van der Waals surface area contributed by atoms with Gasteiger partial charge in [-0.15, -0.1) is 0 Å². The largest absolute Gasteiger partial charge is 0.464 e. The Morgan fingerprint density at radius 2 is 2.24 bits per heavy atom. The van der Waals surface area contributed by atoms with E-state index in [0.717, 1.165) is 7.11 Å². The number of anilines is 1.